The molecule has 128 valence electrons. The van der Waals surface area contributed by atoms with Crippen LogP contribution in [0.15, 0.2) is 34.7 Å². The summed E-state index contributed by atoms with van der Waals surface area (Å²) in [5.74, 6) is -0.375. The summed E-state index contributed by atoms with van der Waals surface area (Å²) in [7, 11) is 0. The van der Waals surface area contributed by atoms with Crippen molar-refractivity contribution in [1.29, 1.82) is 0 Å². The molecule has 0 fully saturated rings. The first kappa shape index (κ1) is 17.7. The minimum atomic E-state index is -1.16. The van der Waals surface area contributed by atoms with Gasteiger partial charge in [0.05, 0.1) is 18.2 Å². The van der Waals surface area contributed by atoms with Crippen molar-refractivity contribution >= 4 is 11.8 Å². The zero-order chi connectivity index (χ0) is 17.7. The molecular weight excluding hydrogens is 315 g/mol. The quantitative estimate of drug-likeness (QED) is 0.748. The van der Waals surface area contributed by atoms with Crippen LogP contribution in [-0.4, -0.2) is 30.0 Å². The largest absolute Gasteiger partial charge is 0.466 e. The number of carbonyl (C=O) groups excluding carboxylic acids is 2. The minimum absolute atomic E-state index is 0.103. The van der Waals surface area contributed by atoms with Gasteiger partial charge in [-0.3, -0.25) is 9.59 Å². The molecule has 0 bridgehead atoms. The molecule has 1 atom stereocenters. The number of rotatable bonds is 6. The first-order valence-electron chi connectivity index (χ1n) is 7.43. The van der Waals surface area contributed by atoms with Crippen LogP contribution in [0.25, 0.3) is 0 Å². The molecule has 1 unspecified atom stereocenters. The standard InChI is InChI=1S/C17H19FN2O4/c1-10-7-13(11(2)24-10)17(23)20-9-16(22)19-8-15(21)12-5-3-4-6-14(12)18/h3-7,15,21H,8-9H2,1-2H3,(H,19,22)(H,20,23). The number of aliphatic hydroxyl groups excluding tert-OH is 1. The first-order chi connectivity index (χ1) is 11.4. The van der Waals surface area contributed by atoms with Crippen molar-refractivity contribution in [3.8, 4) is 0 Å². The van der Waals surface area contributed by atoms with Gasteiger partial charge in [0, 0.05) is 12.1 Å². The number of hydrogen-bond acceptors (Lipinski definition) is 4. The van der Waals surface area contributed by atoms with Gasteiger partial charge in [0.15, 0.2) is 0 Å². The maximum atomic E-state index is 13.5. The lowest BCUT2D eigenvalue weighted by molar-refractivity contribution is -0.120. The predicted octanol–water partition coefficient (Wildman–Crippen LogP) is 1.62. The lowest BCUT2D eigenvalue weighted by Crippen LogP contribution is -2.38. The van der Waals surface area contributed by atoms with Crippen molar-refractivity contribution in [1.82, 2.24) is 10.6 Å². The second kappa shape index (κ2) is 7.74. The Bertz CT molecular complexity index is 742. The number of halogens is 1. The van der Waals surface area contributed by atoms with Crippen molar-refractivity contribution in [2.24, 2.45) is 0 Å². The lowest BCUT2D eigenvalue weighted by atomic mass is 10.1. The molecule has 1 aromatic heterocycles. The fourth-order valence-corrected chi connectivity index (χ4v) is 2.24. The third kappa shape index (κ3) is 4.42. The fourth-order valence-electron chi connectivity index (χ4n) is 2.24. The van der Waals surface area contributed by atoms with E-state index in [1.807, 2.05) is 0 Å². The van der Waals surface area contributed by atoms with E-state index in [0.29, 0.717) is 17.1 Å². The van der Waals surface area contributed by atoms with Crippen LogP contribution in [0.5, 0.6) is 0 Å². The summed E-state index contributed by atoms with van der Waals surface area (Å²) in [4.78, 5) is 23.7. The smallest absolute Gasteiger partial charge is 0.255 e. The molecule has 2 amide bonds. The second-order valence-electron chi connectivity index (χ2n) is 5.35. The summed E-state index contributed by atoms with van der Waals surface area (Å²) < 4.78 is 18.8. The molecule has 0 saturated heterocycles. The Balaban J connectivity index is 1.80. The van der Waals surface area contributed by atoms with Crippen LogP contribution in [0.1, 0.15) is 33.5 Å². The molecule has 0 saturated carbocycles. The van der Waals surface area contributed by atoms with E-state index in [4.69, 9.17) is 4.42 Å². The van der Waals surface area contributed by atoms with Gasteiger partial charge in [-0.25, -0.2) is 4.39 Å². The molecule has 0 spiro atoms. The van der Waals surface area contributed by atoms with E-state index in [1.165, 1.54) is 18.2 Å². The Labute approximate surface area is 138 Å². The van der Waals surface area contributed by atoms with Gasteiger partial charge in [0.2, 0.25) is 5.91 Å². The van der Waals surface area contributed by atoms with Crippen molar-refractivity contribution < 1.29 is 23.5 Å². The highest BCUT2D eigenvalue weighted by Gasteiger charge is 2.16. The van der Waals surface area contributed by atoms with Crippen LogP contribution in [0.2, 0.25) is 0 Å². The number of carbonyl (C=O) groups is 2. The number of nitrogens with one attached hydrogen (secondary N) is 2. The Hall–Kier alpha value is -2.67. The molecule has 2 rings (SSSR count). The second-order valence-corrected chi connectivity index (χ2v) is 5.35. The molecule has 0 radical (unpaired) electrons. The summed E-state index contributed by atoms with van der Waals surface area (Å²) in [5, 5.41) is 14.8. The van der Waals surface area contributed by atoms with Crippen molar-refractivity contribution in [2.75, 3.05) is 13.1 Å². The zero-order valence-corrected chi connectivity index (χ0v) is 13.4. The summed E-state index contributed by atoms with van der Waals surface area (Å²) in [6.45, 7) is 2.97. The minimum Gasteiger partial charge on any atom is -0.466 e. The molecular formula is C17H19FN2O4. The third-order valence-corrected chi connectivity index (χ3v) is 3.45. The monoisotopic (exact) mass is 334 g/mol. The molecule has 3 N–H and O–H groups in total. The zero-order valence-electron chi connectivity index (χ0n) is 13.4. The maximum Gasteiger partial charge on any atom is 0.255 e. The summed E-state index contributed by atoms with van der Waals surface area (Å²) in [6.07, 6.45) is -1.16. The van der Waals surface area contributed by atoms with Crippen LogP contribution < -0.4 is 10.6 Å². The molecule has 0 aliphatic rings. The SMILES string of the molecule is Cc1cc(C(=O)NCC(=O)NCC(O)c2ccccc2F)c(C)o1. The van der Waals surface area contributed by atoms with Gasteiger partial charge < -0.3 is 20.2 Å². The Morgan fingerprint density at radius 3 is 2.58 bits per heavy atom. The Kier molecular flexibility index (Phi) is 5.70. The van der Waals surface area contributed by atoms with Gasteiger partial charge in [-0.1, -0.05) is 18.2 Å². The molecule has 0 aliphatic carbocycles. The molecule has 6 nitrogen and oxygen atoms in total. The van der Waals surface area contributed by atoms with Gasteiger partial charge in [-0.15, -0.1) is 0 Å². The van der Waals surface area contributed by atoms with Gasteiger partial charge in [-0.05, 0) is 26.0 Å². The highest BCUT2D eigenvalue weighted by molar-refractivity contribution is 5.97. The van der Waals surface area contributed by atoms with Crippen molar-refractivity contribution in [2.45, 2.75) is 20.0 Å². The molecule has 2 aromatic rings. The summed E-state index contributed by atoms with van der Waals surface area (Å²) >= 11 is 0. The first-order valence-corrected chi connectivity index (χ1v) is 7.43. The number of aliphatic hydroxyl groups is 1. The molecule has 1 aromatic carbocycles. The van der Waals surface area contributed by atoms with Gasteiger partial charge >= 0.3 is 0 Å². The highest BCUT2D eigenvalue weighted by atomic mass is 19.1. The van der Waals surface area contributed by atoms with E-state index in [1.54, 1.807) is 26.0 Å². The van der Waals surface area contributed by atoms with Crippen molar-refractivity contribution in [3.63, 3.8) is 0 Å². The summed E-state index contributed by atoms with van der Waals surface area (Å²) in [5.41, 5.74) is 0.470. The third-order valence-electron chi connectivity index (χ3n) is 3.45. The van der Waals surface area contributed by atoms with E-state index in [9.17, 15) is 19.1 Å². The Morgan fingerprint density at radius 1 is 1.25 bits per heavy atom. The Morgan fingerprint density at radius 2 is 1.96 bits per heavy atom. The van der Waals surface area contributed by atoms with Crippen LogP contribution in [0, 0.1) is 19.7 Å². The van der Waals surface area contributed by atoms with Crippen LogP contribution in [0.4, 0.5) is 4.39 Å². The lowest BCUT2D eigenvalue weighted by Gasteiger charge is -2.13. The normalized spacial score (nSPS) is 11.8. The highest BCUT2D eigenvalue weighted by Crippen LogP contribution is 2.15. The fraction of sp³-hybridized carbons (Fsp3) is 0.294. The number of benzene rings is 1. The van der Waals surface area contributed by atoms with Crippen LogP contribution in [-0.2, 0) is 4.79 Å². The van der Waals surface area contributed by atoms with E-state index in [0.717, 1.165) is 0 Å². The number of aryl methyl sites for hydroxylation is 2. The van der Waals surface area contributed by atoms with Crippen molar-refractivity contribution in [3.05, 3.63) is 58.8 Å². The van der Waals surface area contributed by atoms with E-state index >= 15 is 0 Å². The summed E-state index contributed by atoms with van der Waals surface area (Å²) in [6, 6.07) is 7.37. The van der Waals surface area contributed by atoms with Crippen LogP contribution in [0.3, 0.4) is 0 Å². The molecule has 0 aliphatic heterocycles. The van der Waals surface area contributed by atoms with Crippen LogP contribution >= 0.6 is 0 Å². The molecule has 24 heavy (non-hydrogen) atoms. The maximum absolute atomic E-state index is 13.5. The predicted molar refractivity (Wildman–Crippen MR) is 84.9 cm³/mol. The average molecular weight is 334 g/mol. The average Bonchev–Trinajstić information content (AvgIpc) is 2.89. The number of furan rings is 1. The molecule has 7 heteroatoms. The van der Waals surface area contributed by atoms with Gasteiger partial charge in [0.1, 0.15) is 17.3 Å². The molecule has 1 heterocycles. The van der Waals surface area contributed by atoms with Gasteiger partial charge in [-0.2, -0.15) is 0 Å². The van der Waals surface area contributed by atoms with Gasteiger partial charge in [0.25, 0.3) is 5.91 Å². The number of amides is 2. The van der Waals surface area contributed by atoms with E-state index < -0.39 is 23.7 Å². The topological polar surface area (TPSA) is 91.6 Å². The number of hydrogen-bond donors (Lipinski definition) is 3. The van der Waals surface area contributed by atoms with E-state index in [-0.39, 0.29) is 18.7 Å². The van der Waals surface area contributed by atoms with E-state index in [2.05, 4.69) is 10.6 Å².